The molecule has 4 rings (SSSR count). The molecule has 0 aliphatic rings. The van der Waals surface area contributed by atoms with Gasteiger partial charge in [-0.2, -0.15) is 0 Å². The average molecular weight is 302 g/mol. The summed E-state index contributed by atoms with van der Waals surface area (Å²) in [5.74, 6) is -0.136. The molecule has 0 fully saturated rings. The van der Waals surface area contributed by atoms with Gasteiger partial charge in [0, 0.05) is 6.42 Å². The molecule has 0 N–H and O–H groups in total. The van der Waals surface area contributed by atoms with Crippen LogP contribution in [0.3, 0.4) is 0 Å². The van der Waals surface area contributed by atoms with Gasteiger partial charge < -0.3 is 4.74 Å². The Kier molecular flexibility index (Phi) is 3.38. The highest BCUT2D eigenvalue weighted by Crippen LogP contribution is 2.35. The fraction of sp³-hybridized carbons (Fsp3) is 0.190. The molecule has 114 valence electrons. The second-order valence-electron chi connectivity index (χ2n) is 6.06. The number of aryl methyl sites for hydroxylation is 1. The number of carbonyl (C=O) groups is 1. The topological polar surface area (TPSA) is 26.3 Å². The standard InChI is InChI=1S/C21H18O2/c1-23-19(22)7-2-4-14-12-17-10-8-15-5-3-6-16-9-11-18(13-14)21(17)20(15)16/h3,5-6,8-13H,2,4,7H2,1H3. The van der Waals surface area contributed by atoms with Crippen LogP contribution in [0.15, 0.2) is 54.6 Å². The predicted octanol–water partition coefficient (Wildman–Crippen LogP) is 5.08. The minimum atomic E-state index is -0.136. The lowest BCUT2D eigenvalue weighted by Crippen LogP contribution is -2.00. The summed E-state index contributed by atoms with van der Waals surface area (Å²) in [6, 6.07) is 19.8. The van der Waals surface area contributed by atoms with E-state index in [2.05, 4.69) is 54.6 Å². The van der Waals surface area contributed by atoms with Crippen molar-refractivity contribution in [2.24, 2.45) is 0 Å². The van der Waals surface area contributed by atoms with E-state index >= 15 is 0 Å². The van der Waals surface area contributed by atoms with Crippen molar-refractivity contribution in [2.75, 3.05) is 7.11 Å². The van der Waals surface area contributed by atoms with Gasteiger partial charge in [-0.25, -0.2) is 0 Å². The molecule has 0 spiro atoms. The van der Waals surface area contributed by atoms with Crippen molar-refractivity contribution < 1.29 is 9.53 Å². The molecule has 0 amide bonds. The zero-order chi connectivity index (χ0) is 15.8. The minimum Gasteiger partial charge on any atom is -0.469 e. The number of ether oxygens (including phenoxy) is 1. The number of esters is 1. The third-order valence-corrected chi connectivity index (χ3v) is 4.60. The van der Waals surface area contributed by atoms with E-state index < -0.39 is 0 Å². The summed E-state index contributed by atoms with van der Waals surface area (Å²) in [6.07, 6.45) is 2.19. The van der Waals surface area contributed by atoms with Gasteiger partial charge in [0.25, 0.3) is 0 Å². The van der Waals surface area contributed by atoms with Crippen LogP contribution in [-0.4, -0.2) is 13.1 Å². The first-order chi connectivity index (χ1) is 11.3. The highest BCUT2D eigenvalue weighted by molar-refractivity contribution is 6.23. The SMILES string of the molecule is COC(=O)CCCc1cc2ccc3cccc4ccc(c1)c2c34. The van der Waals surface area contributed by atoms with Crippen molar-refractivity contribution >= 4 is 38.3 Å². The molecule has 2 nitrogen and oxygen atoms in total. The van der Waals surface area contributed by atoms with E-state index in [1.807, 2.05) is 0 Å². The monoisotopic (exact) mass is 302 g/mol. The summed E-state index contributed by atoms with van der Waals surface area (Å²) in [5, 5.41) is 7.83. The lowest BCUT2D eigenvalue weighted by molar-refractivity contribution is -0.140. The van der Waals surface area contributed by atoms with Crippen molar-refractivity contribution in [1.82, 2.24) is 0 Å². The second-order valence-corrected chi connectivity index (χ2v) is 6.06. The summed E-state index contributed by atoms with van der Waals surface area (Å²) in [5.41, 5.74) is 1.28. The molecular formula is C21H18O2. The second kappa shape index (κ2) is 5.54. The van der Waals surface area contributed by atoms with Gasteiger partial charge in [0.15, 0.2) is 0 Å². The Hall–Kier alpha value is -2.61. The Balaban J connectivity index is 1.79. The Labute approximate surface area is 135 Å². The number of hydrogen-bond acceptors (Lipinski definition) is 2. The van der Waals surface area contributed by atoms with Gasteiger partial charge in [-0.15, -0.1) is 0 Å². The highest BCUT2D eigenvalue weighted by atomic mass is 16.5. The lowest BCUT2D eigenvalue weighted by atomic mass is 9.92. The van der Waals surface area contributed by atoms with Crippen molar-refractivity contribution in [3.8, 4) is 0 Å². The van der Waals surface area contributed by atoms with E-state index in [-0.39, 0.29) is 5.97 Å². The fourth-order valence-electron chi connectivity index (χ4n) is 3.50. The van der Waals surface area contributed by atoms with Crippen LogP contribution in [0.2, 0.25) is 0 Å². The quantitative estimate of drug-likeness (QED) is 0.388. The first-order valence-corrected chi connectivity index (χ1v) is 7.99. The Morgan fingerprint density at radius 2 is 1.43 bits per heavy atom. The summed E-state index contributed by atoms with van der Waals surface area (Å²) in [4.78, 5) is 11.3. The summed E-state index contributed by atoms with van der Waals surface area (Å²) in [6.45, 7) is 0. The lowest BCUT2D eigenvalue weighted by Gasteiger charge is -2.12. The molecular weight excluding hydrogens is 284 g/mol. The van der Waals surface area contributed by atoms with Gasteiger partial charge in [-0.05, 0) is 50.7 Å². The summed E-state index contributed by atoms with van der Waals surface area (Å²) < 4.78 is 4.71. The van der Waals surface area contributed by atoms with E-state index in [4.69, 9.17) is 4.74 Å². The van der Waals surface area contributed by atoms with E-state index in [1.165, 1.54) is 45.0 Å². The van der Waals surface area contributed by atoms with Crippen LogP contribution < -0.4 is 0 Å². The molecule has 0 radical (unpaired) electrons. The molecule has 2 heteroatoms. The van der Waals surface area contributed by atoms with Gasteiger partial charge >= 0.3 is 5.97 Å². The molecule has 0 saturated carbocycles. The van der Waals surface area contributed by atoms with Crippen LogP contribution in [0.5, 0.6) is 0 Å². The van der Waals surface area contributed by atoms with Gasteiger partial charge in [0.1, 0.15) is 0 Å². The molecule has 0 atom stereocenters. The smallest absolute Gasteiger partial charge is 0.305 e. The van der Waals surface area contributed by atoms with Crippen molar-refractivity contribution in [1.29, 1.82) is 0 Å². The molecule has 0 aromatic heterocycles. The zero-order valence-electron chi connectivity index (χ0n) is 13.1. The van der Waals surface area contributed by atoms with Gasteiger partial charge in [-0.1, -0.05) is 54.6 Å². The van der Waals surface area contributed by atoms with E-state index in [9.17, 15) is 4.79 Å². The molecule has 0 unspecified atom stereocenters. The maximum Gasteiger partial charge on any atom is 0.305 e. The Morgan fingerprint density at radius 3 is 2.04 bits per heavy atom. The zero-order valence-corrected chi connectivity index (χ0v) is 13.1. The number of benzene rings is 4. The molecule has 0 bridgehead atoms. The molecule has 0 heterocycles. The Bertz CT molecular complexity index is 937. The van der Waals surface area contributed by atoms with E-state index in [1.54, 1.807) is 0 Å². The van der Waals surface area contributed by atoms with Crippen molar-refractivity contribution in [3.05, 3.63) is 60.2 Å². The Morgan fingerprint density at radius 1 is 0.870 bits per heavy atom. The molecule has 0 aliphatic carbocycles. The van der Waals surface area contributed by atoms with E-state index in [0.717, 1.165) is 12.8 Å². The third-order valence-electron chi connectivity index (χ3n) is 4.60. The minimum absolute atomic E-state index is 0.136. The van der Waals surface area contributed by atoms with Crippen LogP contribution in [-0.2, 0) is 16.0 Å². The van der Waals surface area contributed by atoms with Crippen molar-refractivity contribution in [3.63, 3.8) is 0 Å². The first-order valence-electron chi connectivity index (χ1n) is 7.99. The molecule has 0 aliphatic heterocycles. The van der Waals surface area contributed by atoms with Gasteiger partial charge in [-0.3, -0.25) is 4.79 Å². The number of rotatable bonds is 4. The number of carbonyl (C=O) groups excluding carboxylic acids is 1. The van der Waals surface area contributed by atoms with Crippen LogP contribution >= 0.6 is 0 Å². The van der Waals surface area contributed by atoms with Crippen LogP contribution in [0.1, 0.15) is 18.4 Å². The van der Waals surface area contributed by atoms with Crippen molar-refractivity contribution in [2.45, 2.75) is 19.3 Å². The van der Waals surface area contributed by atoms with Gasteiger partial charge in [0.05, 0.1) is 7.11 Å². The van der Waals surface area contributed by atoms with Crippen LogP contribution in [0.4, 0.5) is 0 Å². The number of methoxy groups -OCH3 is 1. The molecule has 4 aromatic rings. The maximum atomic E-state index is 11.3. The van der Waals surface area contributed by atoms with Gasteiger partial charge in [0.2, 0.25) is 0 Å². The molecule has 23 heavy (non-hydrogen) atoms. The van der Waals surface area contributed by atoms with Crippen LogP contribution in [0.25, 0.3) is 32.3 Å². The summed E-state index contributed by atoms with van der Waals surface area (Å²) in [7, 11) is 1.44. The number of hydrogen-bond donors (Lipinski definition) is 0. The maximum absolute atomic E-state index is 11.3. The molecule has 0 saturated heterocycles. The molecule has 4 aromatic carbocycles. The highest BCUT2D eigenvalue weighted by Gasteiger charge is 2.09. The van der Waals surface area contributed by atoms with Crippen LogP contribution in [0, 0.1) is 0 Å². The normalized spacial score (nSPS) is 11.5. The third kappa shape index (κ3) is 2.40. The van der Waals surface area contributed by atoms with E-state index in [0.29, 0.717) is 6.42 Å². The largest absolute Gasteiger partial charge is 0.469 e. The predicted molar refractivity (Wildman–Crippen MR) is 95.1 cm³/mol. The average Bonchev–Trinajstić information content (AvgIpc) is 2.59. The summed E-state index contributed by atoms with van der Waals surface area (Å²) >= 11 is 0. The first kappa shape index (κ1) is 14.0. The fourth-order valence-corrected chi connectivity index (χ4v) is 3.50.